The van der Waals surface area contributed by atoms with E-state index in [1.165, 1.54) is 37.9 Å². The second kappa shape index (κ2) is 7.38. The van der Waals surface area contributed by atoms with Crippen LogP contribution in [0.3, 0.4) is 0 Å². The van der Waals surface area contributed by atoms with Crippen LogP contribution in [0.5, 0.6) is 0 Å². The SMILES string of the molecule is Cc1noc(-c2ccc(-c3ccc([C@@H](C)N4CCCCC4)cc3)nc2)n1. The Balaban J connectivity index is 1.49. The number of piperidine rings is 1. The first-order valence-electron chi connectivity index (χ1n) is 9.32. The van der Waals surface area contributed by atoms with Gasteiger partial charge in [-0.3, -0.25) is 9.88 Å². The quantitative estimate of drug-likeness (QED) is 0.687. The summed E-state index contributed by atoms with van der Waals surface area (Å²) in [7, 11) is 0. The second-order valence-corrected chi connectivity index (χ2v) is 6.97. The van der Waals surface area contributed by atoms with E-state index in [0.29, 0.717) is 17.8 Å². The summed E-state index contributed by atoms with van der Waals surface area (Å²) in [5, 5.41) is 3.82. The van der Waals surface area contributed by atoms with Gasteiger partial charge in [-0.2, -0.15) is 4.98 Å². The van der Waals surface area contributed by atoms with Gasteiger partial charge in [-0.15, -0.1) is 0 Å². The fourth-order valence-electron chi connectivity index (χ4n) is 3.55. The Morgan fingerprint density at radius 1 is 0.962 bits per heavy atom. The van der Waals surface area contributed by atoms with E-state index in [-0.39, 0.29) is 0 Å². The van der Waals surface area contributed by atoms with Crippen LogP contribution in [0.2, 0.25) is 0 Å². The molecule has 1 fully saturated rings. The summed E-state index contributed by atoms with van der Waals surface area (Å²) in [6.45, 7) is 6.53. The summed E-state index contributed by atoms with van der Waals surface area (Å²) in [5.74, 6) is 1.13. The molecule has 1 aliphatic heterocycles. The van der Waals surface area contributed by atoms with Gasteiger partial charge in [-0.05, 0) is 57.5 Å². The third-order valence-corrected chi connectivity index (χ3v) is 5.17. The summed E-state index contributed by atoms with van der Waals surface area (Å²) in [6, 6.07) is 13.2. The molecule has 0 bridgehead atoms. The van der Waals surface area contributed by atoms with Crippen LogP contribution in [0.15, 0.2) is 47.1 Å². The van der Waals surface area contributed by atoms with E-state index in [0.717, 1.165) is 16.8 Å². The zero-order chi connectivity index (χ0) is 17.9. The topological polar surface area (TPSA) is 55.1 Å². The number of hydrogen-bond acceptors (Lipinski definition) is 5. The number of likely N-dealkylation sites (tertiary alicyclic amines) is 1. The maximum absolute atomic E-state index is 5.19. The Hall–Kier alpha value is -2.53. The molecular formula is C21H24N4O. The Morgan fingerprint density at radius 2 is 1.69 bits per heavy atom. The number of benzene rings is 1. The van der Waals surface area contributed by atoms with Gasteiger partial charge >= 0.3 is 0 Å². The molecule has 0 aliphatic carbocycles. The van der Waals surface area contributed by atoms with Crippen LogP contribution in [0.4, 0.5) is 0 Å². The predicted molar refractivity (Wildman–Crippen MR) is 102 cm³/mol. The molecule has 134 valence electrons. The number of rotatable bonds is 4. The van der Waals surface area contributed by atoms with Crippen LogP contribution in [0.25, 0.3) is 22.7 Å². The van der Waals surface area contributed by atoms with Crippen LogP contribution < -0.4 is 0 Å². The van der Waals surface area contributed by atoms with Crippen molar-refractivity contribution in [2.24, 2.45) is 0 Å². The molecule has 0 saturated carbocycles. The highest BCUT2D eigenvalue weighted by molar-refractivity contribution is 5.62. The van der Waals surface area contributed by atoms with E-state index in [1.54, 1.807) is 13.1 Å². The Morgan fingerprint density at radius 3 is 2.31 bits per heavy atom. The van der Waals surface area contributed by atoms with Crippen LogP contribution >= 0.6 is 0 Å². The molecule has 0 spiro atoms. The van der Waals surface area contributed by atoms with Crippen molar-refractivity contribution in [1.82, 2.24) is 20.0 Å². The third kappa shape index (κ3) is 3.53. The first-order chi connectivity index (χ1) is 12.7. The van der Waals surface area contributed by atoms with Crippen molar-refractivity contribution < 1.29 is 4.52 Å². The lowest BCUT2D eigenvalue weighted by molar-refractivity contribution is 0.175. The Bertz CT molecular complexity index is 848. The highest BCUT2D eigenvalue weighted by Gasteiger charge is 2.18. The van der Waals surface area contributed by atoms with E-state index in [9.17, 15) is 0 Å². The van der Waals surface area contributed by atoms with Gasteiger partial charge < -0.3 is 4.52 Å². The Kier molecular flexibility index (Phi) is 4.80. The van der Waals surface area contributed by atoms with Gasteiger partial charge in [0.15, 0.2) is 5.82 Å². The summed E-state index contributed by atoms with van der Waals surface area (Å²) >= 11 is 0. The van der Waals surface area contributed by atoms with Crippen LogP contribution in [0.1, 0.15) is 43.6 Å². The molecule has 3 aromatic rings. The van der Waals surface area contributed by atoms with Crippen molar-refractivity contribution in [2.75, 3.05) is 13.1 Å². The maximum atomic E-state index is 5.19. The molecule has 0 unspecified atom stereocenters. The second-order valence-electron chi connectivity index (χ2n) is 6.97. The number of aryl methyl sites for hydroxylation is 1. The molecule has 1 atom stereocenters. The molecule has 1 aromatic carbocycles. The molecule has 5 heteroatoms. The normalized spacial score (nSPS) is 16.5. The third-order valence-electron chi connectivity index (χ3n) is 5.17. The first-order valence-corrected chi connectivity index (χ1v) is 9.32. The van der Waals surface area contributed by atoms with Gasteiger partial charge in [-0.1, -0.05) is 35.8 Å². The van der Waals surface area contributed by atoms with Crippen molar-refractivity contribution in [3.63, 3.8) is 0 Å². The highest BCUT2D eigenvalue weighted by Crippen LogP contribution is 2.27. The van der Waals surface area contributed by atoms with E-state index in [1.807, 2.05) is 12.1 Å². The summed E-state index contributed by atoms with van der Waals surface area (Å²) in [4.78, 5) is 11.4. The minimum absolute atomic E-state index is 0.473. The summed E-state index contributed by atoms with van der Waals surface area (Å²) in [6.07, 6.45) is 5.79. The van der Waals surface area contributed by atoms with Crippen LogP contribution in [-0.4, -0.2) is 33.1 Å². The van der Waals surface area contributed by atoms with Crippen LogP contribution in [0, 0.1) is 6.92 Å². The van der Waals surface area contributed by atoms with E-state index < -0.39 is 0 Å². The van der Waals surface area contributed by atoms with Gasteiger partial charge in [0.05, 0.1) is 11.3 Å². The molecular weight excluding hydrogens is 324 g/mol. The van der Waals surface area contributed by atoms with Gasteiger partial charge in [0.25, 0.3) is 5.89 Å². The van der Waals surface area contributed by atoms with E-state index >= 15 is 0 Å². The molecule has 1 aliphatic rings. The van der Waals surface area contributed by atoms with Gasteiger partial charge in [0, 0.05) is 17.8 Å². The molecule has 0 radical (unpaired) electrons. The molecule has 26 heavy (non-hydrogen) atoms. The summed E-state index contributed by atoms with van der Waals surface area (Å²) in [5.41, 5.74) is 4.27. The number of nitrogens with zero attached hydrogens (tertiary/aromatic N) is 4. The zero-order valence-corrected chi connectivity index (χ0v) is 15.4. The molecule has 0 N–H and O–H groups in total. The lowest BCUT2D eigenvalue weighted by atomic mass is 10.0. The molecule has 2 aromatic heterocycles. The minimum Gasteiger partial charge on any atom is -0.334 e. The molecule has 5 nitrogen and oxygen atoms in total. The van der Waals surface area contributed by atoms with Gasteiger partial charge in [0.2, 0.25) is 0 Å². The number of hydrogen-bond donors (Lipinski definition) is 0. The van der Waals surface area contributed by atoms with Crippen molar-refractivity contribution in [3.05, 3.63) is 54.0 Å². The fourth-order valence-corrected chi connectivity index (χ4v) is 3.55. The van der Waals surface area contributed by atoms with E-state index in [2.05, 4.69) is 51.2 Å². The highest BCUT2D eigenvalue weighted by atomic mass is 16.5. The lowest BCUT2D eigenvalue weighted by Gasteiger charge is -2.32. The summed E-state index contributed by atoms with van der Waals surface area (Å²) < 4.78 is 5.19. The Labute approximate surface area is 154 Å². The zero-order valence-electron chi connectivity index (χ0n) is 15.4. The first kappa shape index (κ1) is 16.9. The largest absolute Gasteiger partial charge is 0.334 e. The van der Waals surface area contributed by atoms with Crippen molar-refractivity contribution in [3.8, 4) is 22.7 Å². The average Bonchev–Trinajstić information content (AvgIpc) is 3.15. The predicted octanol–water partition coefficient (Wildman–Crippen LogP) is 4.65. The smallest absolute Gasteiger partial charge is 0.259 e. The van der Waals surface area contributed by atoms with Crippen LogP contribution in [-0.2, 0) is 0 Å². The standard InChI is InChI=1S/C21H24N4O/c1-15(25-12-4-3-5-13-25)17-6-8-18(9-7-17)20-11-10-19(14-22-20)21-23-16(2)24-26-21/h6-11,14-15H,3-5,12-13H2,1-2H3/t15-/m1/s1. The van der Waals surface area contributed by atoms with Crippen molar-refractivity contribution in [2.45, 2.75) is 39.2 Å². The van der Waals surface area contributed by atoms with Crippen molar-refractivity contribution in [1.29, 1.82) is 0 Å². The monoisotopic (exact) mass is 348 g/mol. The maximum Gasteiger partial charge on any atom is 0.259 e. The molecule has 0 amide bonds. The number of aromatic nitrogens is 3. The fraction of sp³-hybridized carbons (Fsp3) is 0.381. The minimum atomic E-state index is 0.473. The number of pyridine rings is 1. The molecule has 4 rings (SSSR count). The van der Waals surface area contributed by atoms with Crippen molar-refractivity contribution >= 4 is 0 Å². The van der Waals surface area contributed by atoms with E-state index in [4.69, 9.17) is 4.52 Å². The van der Waals surface area contributed by atoms with Gasteiger partial charge in [0.1, 0.15) is 0 Å². The molecule has 1 saturated heterocycles. The molecule has 3 heterocycles. The average molecular weight is 348 g/mol. The lowest BCUT2D eigenvalue weighted by Crippen LogP contribution is -2.32. The van der Waals surface area contributed by atoms with Gasteiger partial charge in [-0.25, -0.2) is 0 Å².